The van der Waals surface area contributed by atoms with Gasteiger partial charge in [-0.1, -0.05) is 30.3 Å². The molecule has 2 N–H and O–H groups in total. The fourth-order valence-electron chi connectivity index (χ4n) is 2.21. The van der Waals surface area contributed by atoms with Crippen LogP contribution in [-0.2, 0) is 31.6 Å². The molecule has 0 radical (unpaired) electrons. The summed E-state index contributed by atoms with van der Waals surface area (Å²) >= 11 is 0. The minimum Gasteiger partial charge on any atom is -0.756 e. The van der Waals surface area contributed by atoms with Gasteiger partial charge in [-0.3, -0.25) is 13.7 Å². The number of hydrogen-bond donors (Lipinski definition) is 2. The fourth-order valence-corrected chi connectivity index (χ4v) is 5.11. The van der Waals surface area contributed by atoms with Gasteiger partial charge in [0.15, 0.2) is 0 Å². The van der Waals surface area contributed by atoms with Crippen LogP contribution in [0.15, 0.2) is 30.3 Å². The zero-order chi connectivity index (χ0) is 19.6. The molecule has 5 unspecified atom stereocenters. The third kappa shape index (κ3) is 12.5. The van der Waals surface area contributed by atoms with Crippen molar-refractivity contribution in [1.82, 2.24) is 0 Å². The van der Waals surface area contributed by atoms with E-state index in [-0.39, 0.29) is 95.1 Å². The zero-order valence-corrected chi connectivity index (χ0v) is 24.5. The van der Waals surface area contributed by atoms with E-state index in [0.29, 0.717) is 0 Å². The monoisotopic (exact) mass is 500 g/mol. The first-order valence-corrected chi connectivity index (χ1v) is 11.4. The molecular weight excluding hydrogens is 486 g/mol. The van der Waals surface area contributed by atoms with Crippen LogP contribution in [0.4, 0.5) is 0 Å². The number of phosphoric acid groups is 3. The molecule has 148 valence electrons. The van der Waals surface area contributed by atoms with E-state index in [1.165, 1.54) is 0 Å². The Labute approximate surface area is 233 Å². The summed E-state index contributed by atoms with van der Waals surface area (Å²) in [7, 11) is -17.3. The SMILES string of the molecule is O=P([O-])(O)OP(=O)([O-])OP(=O)([O-])OCC1O[C@@H](c2ccccc2)CC1O.[Na+].[Na+].[Na+]. The maximum atomic E-state index is 11.5. The average Bonchev–Trinajstić information content (AvgIpc) is 2.84. The van der Waals surface area contributed by atoms with Crippen molar-refractivity contribution in [3.05, 3.63) is 35.9 Å². The van der Waals surface area contributed by atoms with Gasteiger partial charge in [0.05, 0.1) is 18.8 Å². The van der Waals surface area contributed by atoms with Gasteiger partial charge in [-0.15, -0.1) is 0 Å². The summed E-state index contributed by atoms with van der Waals surface area (Å²) in [4.78, 5) is 41.1. The molecule has 1 heterocycles. The fraction of sp³-hybridized carbons (Fsp3) is 0.455. The Morgan fingerprint density at radius 1 is 1.00 bits per heavy atom. The first kappa shape index (κ1) is 33.7. The summed E-state index contributed by atoms with van der Waals surface area (Å²) in [6.45, 7) is -0.792. The minimum atomic E-state index is -5.95. The molecule has 12 nitrogen and oxygen atoms in total. The van der Waals surface area contributed by atoms with Crippen LogP contribution in [-0.4, -0.2) is 28.8 Å². The van der Waals surface area contributed by atoms with Crippen molar-refractivity contribution in [2.24, 2.45) is 0 Å². The van der Waals surface area contributed by atoms with E-state index in [2.05, 4.69) is 13.1 Å². The van der Waals surface area contributed by atoms with E-state index in [4.69, 9.17) is 9.63 Å². The molecule has 1 fully saturated rings. The van der Waals surface area contributed by atoms with E-state index >= 15 is 0 Å². The van der Waals surface area contributed by atoms with Crippen molar-refractivity contribution < 1.29 is 145 Å². The van der Waals surface area contributed by atoms with Crippen LogP contribution in [0, 0.1) is 0 Å². The molecule has 2 rings (SSSR count). The third-order valence-electron chi connectivity index (χ3n) is 3.20. The van der Waals surface area contributed by atoms with Crippen molar-refractivity contribution in [3.8, 4) is 0 Å². The van der Waals surface area contributed by atoms with Crippen molar-refractivity contribution in [3.63, 3.8) is 0 Å². The van der Waals surface area contributed by atoms with E-state index in [9.17, 15) is 33.5 Å². The summed E-state index contributed by atoms with van der Waals surface area (Å²) in [6, 6.07) is 8.75. The Bertz CT molecular complexity index is 762. The number of benzene rings is 1. The standard InChI is InChI=1S/C11H17O12P3.3Na/c12-9-6-10(8-4-2-1-3-5-8)21-11(9)7-20-25(16,17)23-26(18,19)22-24(13,14)15;;;/h1-5,9-12H,6-7H2,(H,16,17)(H,18,19)(H2,13,14,15);;;/q;3*+1/p-3/t9?,10-,11?;;;/m1.../s1. The van der Waals surface area contributed by atoms with Crippen LogP contribution < -0.4 is 103 Å². The number of rotatable bonds is 8. The van der Waals surface area contributed by atoms with Gasteiger partial charge in [0.2, 0.25) is 0 Å². The molecule has 1 aliphatic rings. The van der Waals surface area contributed by atoms with Gasteiger partial charge in [-0.25, -0.2) is 8.62 Å². The first-order valence-electron chi connectivity index (χ1n) is 6.98. The average molecular weight is 500 g/mol. The predicted molar refractivity (Wildman–Crippen MR) is 77.8 cm³/mol. The molecule has 0 aromatic heterocycles. The van der Waals surface area contributed by atoms with Crippen LogP contribution in [0.25, 0.3) is 0 Å². The summed E-state index contributed by atoms with van der Waals surface area (Å²) in [5.74, 6) is 0. The van der Waals surface area contributed by atoms with E-state index in [1.54, 1.807) is 30.3 Å². The first-order chi connectivity index (χ1) is 11.9. The second kappa shape index (κ2) is 14.1. The molecule has 0 saturated carbocycles. The van der Waals surface area contributed by atoms with E-state index in [0.717, 1.165) is 5.56 Å². The largest absolute Gasteiger partial charge is 1.00 e. The Balaban J connectivity index is 0. The number of ether oxygens (including phenoxy) is 1. The van der Waals surface area contributed by atoms with Gasteiger partial charge < -0.3 is 33.9 Å². The molecule has 0 amide bonds. The maximum Gasteiger partial charge on any atom is 1.00 e. The van der Waals surface area contributed by atoms with Crippen LogP contribution in [0.3, 0.4) is 0 Å². The van der Waals surface area contributed by atoms with Gasteiger partial charge in [-0.2, -0.15) is 0 Å². The molecule has 1 aliphatic heterocycles. The molecule has 0 spiro atoms. The van der Waals surface area contributed by atoms with Crippen LogP contribution in [0.5, 0.6) is 0 Å². The quantitative estimate of drug-likeness (QED) is 0.253. The molecular formula is C11H14Na3O12P3. The van der Waals surface area contributed by atoms with Gasteiger partial charge in [0, 0.05) is 6.42 Å². The molecule has 0 bridgehead atoms. The summed E-state index contributed by atoms with van der Waals surface area (Å²) in [5, 5.41) is 9.91. The van der Waals surface area contributed by atoms with Gasteiger partial charge >= 0.3 is 88.7 Å². The predicted octanol–water partition coefficient (Wildman–Crippen LogP) is -9.66. The number of phosphoric ester groups is 1. The smallest absolute Gasteiger partial charge is 0.756 e. The molecule has 0 aliphatic carbocycles. The molecule has 1 saturated heterocycles. The van der Waals surface area contributed by atoms with Crippen molar-refractivity contribution in [1.29, 1.82) is 0 Å². The maximum absolute atomic E-state index is 11.5. The number of hydrogen-bond acceptors (Lipinski definition) is 11. The minimum absolute atomic E-state index is 0. The molecule has 1 aromatic carbocycles. The van der Waals surface area contributed by atoms with Crippen LogP contribution >= 0.6 is 23.5 Å². The number of aliphatic hydroxyl groups is 1. The van der Waals surface area contributed by atoms with Gasteiger partial charge in [-0.05, 0) is 5.56 Å². The summed E-state index contributed by atoms with van der Waals surface area (Å²) < 4.78 is 49.3. The van der Waals surface area contributed by atoms with Crippen molar-refractivity contribution >= 4 is 23.5 Å². The Kier molecular flexibility index (Phi) is 16.4. The van der Waals surface area contributed by atoms with Crippen LogP contribution in [0.1, 0.15) is 18.1 Å². The topological polar surface area (TPSA) is 198 Å². The van der Waals surface area contributed by atoms with Crippen LogP contribution in [0.2, 0.25) is 0 Å². The second-order valence-electron chi connectivity index (χ2n) is 5.20. The van der Waals surface area contributed by atoms with Crippen molar-refractivity contribution in [2.45, 2.75) is 24.7 Å². The molecule has 6 atom stereocenters. The molecule has 1 aromatic rings. The Morgan fingerprint density at radius 2 is 1.55 bits per heavy atom. The second-order valence-corrected chi connectivity index (χ2v) is 9.49. The van der Waals surface area contributed by atoms with E-state index in [1.807, 2.05) is 0 Å². The third-order valence-corrected chi connectivity index (χ3v) is 6.89. The van der Waals surface area contributed by atoms with E-state index < -0.39 is 48.4 Å². The molecule has 18 heteroatoms. The summed E-state index contributed by atoms with van der Waals surface area (Å²) in [6.07, 6.45) is -2.59. The Hall–Kier alpha value is 2.55. The van der Waals surface area contributed by atoms with Gasteiger partial charge in [0.25, 0.3) is 23.5 Å². The Morgan fingerprint density at radius 3 is 2.07 bits per heavy atom. The number of aliphatic hydroxyl groups excluding tert-OH is 1. The van der Waals surface area contributed by atoms with Gasteiger partial charge in [0.1, 0.15) is 6.10 Å². The molecule has 29 heavy (non-hydrogen) atoms. The summed E-state index contributed by atoms with van der Waals surface area (Å²) in [5.41, 5.74) is 0.738. The zero-order valence-electron chi connectivity index (χ0n) is 15.9. The normalized spacial score (nSPS) is 27.1. The van der Waals surface area contributed by atoms with Crippen molar-refractivity contribution in [2.75, 3.05) is 6.61 Å².